The molecule has 0 spiro atoms. The second kappa shape index (κ2) is 5.48. The molecule has 0 aromatic heterocycles. The molecular formula is C16H24O. The molecule has 1 aliphatic rings. The molecule has 1 heteroatoms. The van der Waals surface area contributed by atoms with E-state index in [1.807, 2.05) is 6.92 Å². The summed E-state index contributed by atoms with van der Waals surface area (Å²) < 4.78 is 0. The maximum Gasteiger partial charge on any atom is 0.164 e. The lowest BCUT2D eigenvalue weighted by molar-refractivity contribution is -0.124. The summed E-state index contributed by atoms with van der Waals surface area (Å²) >= 11 is 0. The molecule has 0 N–H and O–H groups in total. The molecule has 0 saturated carbocycles. The van der Waals surface area contributed by atoms with Crippen LogP contribution in [0.2, 0.25) is 0 Å². The van der Waals surface area contributed by atoms with Crippen molar-refractivity contribution >= 4 is 5.78 Å². The molecule has 0 heterocycles. The lowest BCUT2D eigenvalue weighted by atomic mass is 9.72. The Kier molecular flexibility index (Phi) is 4.50. The van der Waals surface area contributed by atoms with Crippen molar-refractivity contribution in [3.63, 3.8) is 0 Å². The predicted octanol–water partition coefficient (Wildman–Crippen LogP) is 4.60. The van der Waals surface area contributed by atoms with Crippen molar-refractivity contribution in [2.45, 2.75) is 53.9 Å². The topological polar surface area (TPSA) is 17.1 Å². The number of Topliss-reactive ketones (excluding diaryl/α,β-unsaturated/α-hetero) is 1. The van der Waals surface area contributed by atoms with Gasteiger partial charge in [-0.2, -0.15) is 0 Å². The number of carbonyl (C=O) groups is 1. The van der Waals surface area contributed by atoms with E-state index in [4.69, 9.17) is 0 Å². The third-order valence-electron chi connectivity index (χ3n) is 3.44. The first-order valence-electron chi connectivity index (χ1n) is 6.38. The van der Waals surface area contributed by atoms with Crippen LogP contribution in [0.4, 0.5) is 0 Å². The van der Waals surface area contributed by atoms with E-state index in [0.29, 0.717) is 5.78 Å². The van der Waals surface area contributed by atoms with Gasteiger partial charge in [0, 0.05) is 5.41 Å². The number of hydrogen-bond donors (Lipinski definition) is 0. The lowest BCUT2D eigenvalue weighted by Crippen LogP contribution is -2.30. The minimum atomic E-state index is -0.185. The van der Waals surface area contributed by atoms with Gasteiger partial charge in [-0.25, -0.2) is 0 Å². The van der Waals surface area contributed by atoms with Crippen LogP contribution in [0.25, 0.3) is 0 Å². The summed E-state index contributed by atoms with van der Waals surface area (Å²) in [6.45, 7) is 10.3. The van der Waals surface area contributed by atoms with E-state index in [1.165, 1.54) is 11.1 Å². The molecule has 0 aromatic rings. The molecule has 0 radical (unpaired) electrons. The first kappa shape index (κ1) is 14.0. The first-order valence-corrected chi connectivity index (χ1v) is 6.38. The second-order valence-corrected chi connectivity index (χ2v) is 5.69. The number of carbonyl (C=O) groups excluding carboxylic acids is 1. The maximum atomic E-state index is 12.2. The normalized spacial score (nSPS) is 25.6. The third kappa shape index (κ3) is 3.69. The molecule has 0 saturated heterocycles. The molecule has 1 atom stereocenters. The highest BCUT2D eigenvalue weighted by Crippen LogP contribution is 2.36. The number of ketones is 1. The molecule has 17 heavy (non-hydrogen) atoms. The third-order valence-corrected chi connectivity index (χ3v) is 3.44. The van der Waals surface area contributed by atoms with Crippen molar-refractivity contribution in [1.82, 2.24) is 0 Å². The standard InChI is InChI=1S/C16H24O/c1-12(2)11-13(3)8-10-16(5)9-6-7-14(4)15(16)17/h7-8,11H,6,9-10H2,1-5H3/b13-8+. The Morgan fingerprint density at radius 2 is 2.06 bits per heavy atom. The fourth-order valence-corrected chi connectivity index (χ4v) is 2.38. The predicted molar refractivity (Wildman–Crippen MR) is 73.9 cm³/mol. The second-order valence-electron chi connectivity index (χ2n) is 5.69. The monoisotopic (exact) mass is 232 g/mol. The fourth-order valence-electron chi connectivity index (χ4n) is 2.38. The van der Waals surface area contributed by atoms with Gasteiger partial charge in [0.2, 0.25) is 0 Å². The SMILES string of the molecule is CC(C)=C/C(C)=C/CC1(C)CCC=C(C)C1=O. The minimum Gasteiger partial charge on any atom is -0.294 e. The van der Waals surface area contributed by atoms with E-state index in [9.17, 15) is 4.79 Å². The zero-order valence-corrected chi connectivity index (χ0v) is 11.8. The van der Waals surface area contributed by atoms with Crippen molar-refractivity contribution in [2.75, 3.05) is 0 Å². The summed E-state index contributed by atoms with van der Waals surface area (Å²) in [7, 11) is 0. The average molecular weight is 232 g/mol. The summed E-state index contributed by atoms with van der Waals surface area (Å²) in [6, 6.07) is 0. The van der Waals surface area contributed by atoms with Crippen molar-refractivity contribution in [3.8, 4) is 0 Å². The van der Waals surface area contributed by atoms with E-state index in [2.05, 4.69) is 45.9 Å². The van der Waals surface area contributed by atoms with Crippen LogP contribution in [0.5, 0.6) is 0 Å². The van der Waals surface area contributed by atoms with Gasteiger partial charge in [0.1, 0.15) is 0 Å². The summed E-state index contributed by atoms with van der Waals surface area (Å²) in [4.78, 5) is 12.2. The van der Waals surface area contributed by atoms with Gasteiger partial charge in [-0.1, -0.05) is 36.3 Å². The molecule has 1 aliphatic carbocycles. The van der Waals surface area contributed by atoms with Gasteiger partial charge >= 0.3 is 0 Å². The van der Waals surface area contributed by atoms with Crippen LogP contribution in [0.1, 0.15) is 53.9 Å². The van der Waals surface area contributed by atoms with Gasteiger partial charge in [0.25, 0.3) is 0 Å². The highest BCUT2D eigenvalue weighted by molar-refractivity contribution is 6.00. The van der Waals surface area contributed by atoms with Gasteiger partial charge in [0.05, 0.1) is 0 Å². The average Bonchev–Trinajstić information content (AvgIpc) is 2.22. The Balaban J connectivity index is 2.78. The van der Waals surface area contributed by atoms with Crippen molar-refractivity contribution in [2.24, 2.45) is 5.41 Å². The molecule has 0 fully saturated rings. The van der Waals surface area contributed by atoms with Crippen molar-refractivity contribution in [3.05, 3.63) is 34.9 Å². The minimum absolute atomic E-state index is 0.185. The van der Waals surface area contributed by atoms with E-state index in [1.54, 1.807) is 0 Å². The van der Waals surface area contributed by atoms with Crippen LogP contribution in [0, 0.1) is 5.41 Å². The molecule has 1 unspecified atom stereocenters. The Hall–Kier alpha value is -1.11. The quantitative estimate of drug-likeness (QED) is 0.650. The Labute approximate surface area is 105 Å². The van der Waals surface area contributed by atoms with Crippen LogP contribution < -0.4 is 0 Å². The smallest absolute Gasteiger partial charge is 0.164 e. The van der Waals surface area contributed by atoms with E-state index >= 15 is 0 Å². The number of rotatable bonds is 3. The maximum absolute atomic E-state index is 12.2. The van der Waals surface area contributed by atoms with Crippen molar-refractivity contribution in [1.29, 1.82) is 0 Å². The molecule has 0 aromatic carbocycles. The van der Waals surface area contributed by atoms with E-state index < -0.39 is 0 Å². The van der Waals surface area contributed by atoms with Gasteiger partial charge in [-0.05, 0) is 52.5 Å². The van der Waals surface area contributed by atoms with Crippen LogP contribution >= 0.6 is 0 Å². The zero-order valence-electron chi connectivity index (χ0n) is 11.8. The summed E-state index contributed by atoms with van der Waals surface area (Å²) in [5.41, 5.74) is 3.31. The molecular weight excluding hydrogens is 208 g/mol. The van der Waals surface area contributed by atoms with Crippen LogP contribution in [0.15, 0.2) is 34.9 Å². The van der Waals surface area contributed by atoms with Crippen LogP contribution in [-0.4, -0.2) is 5.78 Å². The number of allylic oxidation sites excluding steroid dienone is 6. The van der Waals surface area contributed by atoms with Gasteiger partial charge < -0.3 is 0 Å². The molecule has 1 nitrogen and oxygen atoms in total. The molecule has 0 aliphatic heterocycles. The summed E-state index contributed by atoms with van der Waals surface area (Å²) in [6.07, 6.45) is 9.29. The van der Waals surface area contributed by atoms with E-state index in [0.717, 1.165) is 24.8 Å². The molecule has 94 valence electrons. The highest BCUT2D eigenvalue weighted by atomic mass is 16.1. The number of hydrogen-bond acceptors (Lipinski definition) is 1. The molecule has 0 bridgehead atoms. The van der Waals surface area contributed by atoms with Crippen molar-refractivity contribution < 1.29 is 4.79 Å². The summed E-state index contributed by atoms with van der Waals surface area (Å²) in [5.74, 6) is 0.324. The zero-order chi connectivity index (χ0) is 13.1. The van der Waals surface area contributed by atoms with Gasteiger partial charge in [-0.15, -0.1) is 0 Å². The Morgan fingerprint density at radius 1 is 1.41 bits per heavy atom. The Bertz CT molecular complexity index is 392. The summed E-state index contributed by atoms with van der Waals surface area (Å²) in [5, 5.41) is 0. The molecule has 1 rings (SSSR count). The fraction of sp³-hybridized carbons (Fsp3) is 0.562. The molecule has 0 amide bonds. The first-order chi connectivity index (χ1) is 7.85. The Morgan fingerprint density at radius 3 is 2.65 bits per heavy atom. The highest BCUT2D eigenvalue weighted by Gasteiger charge is 2.34. The van der Waals surface area contributed by atoms with E-state index in [-0.39, 0.29) is 5.41 Å². The van der Waals surface area contributed by atoms with Gasteiger partial charge in [0.15, 0.2) is 5.78 Å². The van der Waals surface area contributed by atoms with Crippen LogP contribution in [0.3, 0.4) is 0 Å². The lowest BCUT2D eigenvalue weighted by Gasteiger charge is -2.30. The largest absolute Gasteiger partial charge is 0.294 e. The van der Waals surface area contributed by atoms with Gasteiger partial charge in [-0.3, -0.25) is 4.79 Å². The van der Waals surface area contributed by atoms with Crippen LogP contribution in [-0.2, 0) is 4.79 Å².